The number of fused-ring (bicyclic) bond motifs is 1. The van der Waals surface area contributed by atoms with Crippen molar-refractivity contribution in [3.63, 3.8) is 0 Å². The average molecular weight is 312 g/mol. The molecule has 1 atom stereocenters. The van der Waals surface area contributed by atoms with E-state index in [0.29, 0.717) is 5.92 Å². The standard InChI is InChI=1S/C15H22BrNO/c1-3-10(4-2)14(17)9-12-8-13(16)7-11-5-6-18-15(11)12/h7-8,10,14H,3-6,9,17H2,1-2H3. The third kappa shape index (κ3) is 2.89. The van der Waals surface area contributed by atoms with E-state index in [1.54, 1.807) is 0 Å². The molecule has 0 radical (unpaired) electrons. The Morgan fingerprint density at radius 2 is 2.06 bits per heavy atom. The van der Waals surface area contributed by atoms with Crippen molar-refractivity contribution in [2.24, 2.45) is 11.7 Å². The number of halogens is 1. The minimum absolute atomic E-state index is 0.225. The van der Waals surface area contributed by atoms with Crippen molar-refractivity contribution >= 4 is 15.9 Å². The van der Waals surface area contributed by atoms with Crippen LogP contribution in [-0.4, -0.2) is 12.6 Å². The Morgan fingerprint density at radius 1 is 1.33 bits per heavy atom. The highest BCUT2D eigenvalue weighted by atomic mass is 79.9. The van der Waals surface area contributed by atoms with Gasteiger partial charge >= 0.3 is 0 Å². The summed E-state index contributed by atoms with van der Waals surface area (Å²) in [6, 6.07) is 4.54. The van der Waals surface area contributed by atoms with Gasteiger partial charge < -0.3 is 10.5 Å². The highest BCUT2D eigenvalue weighted by Crippen LogP contribution is 2.34. The van der Waals surface area contributed by atoms with Gasteiger partial charge in [-0.25, -0.2) is 0 Å². The fourth-order valence-corrected chi connectivity index (χ4v) is 3.37. The predicted molar refractivity (Wildman–Crippen MR) is 79.1 cm³/mol. The van der Waals surface area contributed by atoms with Crippen LogP contribution in [0.15, 0.2) is 16.6 Å². The first-order chi connectivity index (χ1) is 8.65. The normalized spacial score (nSPS) is 15.6. The molecule has 1 unspecified atom stereocenters. The number of benzene rings is 1. The Bertz CT molecular complexity index is 415. The van der Waals surface area contributed by atoms with E-state index in [1.165, 1.54) is 11.1 Å². The summed E-state index contributed by atoms with van der Waals surface area (Å²) in [5.41, 5.74) is 8.92. The zero-order valence-electron chi connectivity index (χ0n) is 11.2. The Hall–Kier alpha value is -0.540. The molecule has 0 fully saturated rings. The van der Waals surface area contributed by atoms with Gasteiger partial charge in [-0.1, -0.05) is 42.6 Å². The third-order valence-corrected chi connectivity index (χ3v) is 4.39. The maximum absolute atomic E-state index is 6.34. The van der Waals surface area contributed by atoms with Gasteiger partial charge in [0.05, 0.1) is 6.61 Å². The summed E-state index contributed by atoms with van der Waals surface area (Å²) >= 11 is 3.58. The van der Waals surface area contributed by atoms with Gasteiger partial charge in [-0.05, 0) is 35.6 Å². The smallest absolute Gasteiger partial charge is 0.125 e. The van der Waals surface area contributed by atoms with Gasteiger partial charge in [0.1, 0.15) is 5.75 Å². The van der Waals surface area contributed by atoms with Crippen molar-refractivity contribution in [2.45, 2.75) is 45.6 Å². The highest BCUT2D eigenvalue weighted by molar-refractivity contribution is 9.10. The predicted octanol–water partition coefficient (Wildman–Crippen LogP) is 3.69. The van der Waals surface area contributed by atoms with E-state index in [9.17, 15) is 0 Å². The second-order valence-electron chi connectivity index (χ2n) is 5.10. The van der Waals surface area contributed by atoms with Gasteiger partial charge in [0.15, 0.2) is 0 Å². The molecule has 2 rings (SSSR count). The van der Waals surface area contributed by atoms with E-state index < -0.39 is 0 Å². The molecule has 0 saturated heterocycles. The second kappa shape index (κ2) is 6.07. The lowest BCUT2D eigenvalue weighted by molar-refractivity contribution is 0.346. The lowest BCUT2D eigenvalue weighted by Crippen LogP contribution is -2.31. The Morgan fingerprint density at radius 3 is 2.72 bits per heavy atom. The van der Waals surface area contributed by atoms with Crippen LogP contribution in [0.2, 0.25) is 0 Å². The summed E-state index contributed by atoms with van der Waals surface area (Å²) in [6.45, 7) is 5.24. The van der Waals surface area contributed by atoms with Crippen LogP contribution < -0.4 is 10.5 Å². The van der Waals surface area contributed by atoms with Crippen LogP contribution in [0.4, 0.5) is 0 Å². The molecule has 0 spiro atoms. The van der Waals surface area contributed by atoms with Crippen molar-refractivity contribution in [3.8, 4) is 5.75 Å². The summed E-state index contributed by atoms with van der Waals surface area (Å²) in [4.78, 5) is 0. The zero-order valence-corrected chi connectivity index (χ0v) is 12.8. The van der Waals surface area contributed by atoms with Gasteiger partial charge in [-0.2, -0.15) is 0 Å². The fourth-order valence-electron chi connectivity index (χ4n) is 2.81. The molecule has 2 nitrogen and oxygen atoms in total. The molecule has 18 heavy (non-hydrogen) atoms. The van der Waals surface area contributed by atoms with Crippen LogP contribution in [0.25, 0.3) is 0 Å². The van der Waals surface area contributed by atoms with Gasteiger partial charge in [-0.3, -0.25) is 0 Å². The average Bonchev–Trinajstić information content (AvgIpc) is 2.78. The van der Waals surface area contributed by atoms with E-state index in [0.717, 1.165) is 42.5 Å². The molecule has 100 valence electrons. The first-order valence-corrected chi connectivity index (χ1v) is 7.64. The molecular formula is C15H22BrNO. The lowest BCUT2D eigenvalue weighted by Gasteiger charge is -2.22. The summed E-state index contributed by atoms with van der Waals surface area (Å²) in [5, 5.41) is 0. The molecular weight excluding hydrogens is 290 g/mol. The third-order valence-electron chi connectivity index (χ3n) is 3.94. The van der Waals surface area contributed by atoms with Crippen LogP contribution in [0.3, 0.4) is 0 Å². The fraction of sp³-hybridized carbons (Fsp3) is 0.600. The quantitative estimate of drug-likeness (QED) is 0.900. The lowest BCUT2D eigenvalue weighted by atomic mass is 9.89. The number of hydrogen-bond donors (Lipinski definition) is 1. The molecule has 0 bridgehead atoms. The maximum atomic E-state index is 6.34. The number of ether oxygens (including phenoxy) is 1. The molecule has 1 aliphatic heterocycles. The van der Waals surface area contributed by atoms with Crippen molar-refractivity contribution < 1.29 is 4.74 Å². The zero-order chi connectivity index (χ0) is 13.1. The van der Waals surface area contributed by atoms with Crippen LogP contribution in [0, 0.1) is 5.92 Å². The number of hydrogen-bond acceptors (Lipinski definition) is 2. The molecule has 0 aliphatic carbocycles. The van der Waals surface area contributed by atoms with Gasteiger partial charge in [0.2, 0.25) is 0 Å². The molecule has 0 aromatic heterocycles. The molecule has 1 aromatic rings. The minimum Gasteiger partial charge on any atom is -0.493 e. The minimum atomic E-state index is 0.225. The molecule has 1 heterocycles. The van der Waals surface area contributed by atoms with E-state index in [-0.39, 0.29) is 6.04 Å². The molecule has 2 N–H and O–H groups in total. The number of rotatable bonds is 5. The summed E-state index contributed by atoms with van der Waals surface area (Å²) < 4.78 is 6.89. The SMILES string of the molecule is CCC(CC)C(N)Cc1cc(Br)cc2c1OCC2. The van der Waals surface area contributed by atoms with Crippen molar-refractivity contribution in [2.75, 3.05) is 6.61 Å². The van der Waals surface area contributed by atoms with Crippen LogP contribution in [-0.2, 0) is 12.8 Å². The second-order valence-corrected chi connectivity index (χ2v) is 6.01. The van der Waals surface area contributed by atoms with Gasteiger partial charge in [0, 0.05) is 16.9 Å². The van der Waals surface area contributed by atoms with Crippen molar-refractivity contribution in [3.05, 3.63) is 27.7 Å². The van der Waals surface area contributed by atoms with Crippen molar-refractivity contribution in [1.82, 2.24) is 0 Å². The Labute approximate surface area is 118 Å². The van der Waals surface area contributed by atoms with Gasteiger partial charge in [0.25, 0.3) is 0 Å². The maximum Gasteiger partial charge on any atom is 0.125 e. The van der Waals surface area contributed by atoms with E-state index in [4.69, 9.17) is 10.5 Å². The van der Waals surface area contributed by atoms with Crippen LogP contribution in [0.5, 0.6) is 5.75 Å². The van der Waals surface area contributed by atoms with Crippen LogP contribution in [0.1, 0.15) is 37.8 Å². The van der Waals surface area contributed by atoms with Crippen LogP contribution >= 0.6 is 15.9 Å². The van der Waals surface area contributed by atoms with Gasteiger partial charge in [-0.15, -0.1) is 0 Å². The molecule has 0 saturated carbocycles. The first-order valence-electron chi connectivity index (χ1n) is 6.85. The molecule has 1 aliphatic rings. The van der Waals surface area contributed by atoms with E-state index >= 15 is 0 Å². The Balaban J connectivity index is 2.19. The Kier molecular flexibility index (Phi) is 4.68. The summed E-state index contributed by atoms with van der Waals surface area (Å²) in [6.07, 6.45) is 4.22. The topological polar surface area (TPSA) is 35.2 Å². The first kappa shape index (κ1) is 13.9. The summed E-state index contributed by atoms with van der Waals surface area (Å²) in [7, 11) is 0. The van der Waals surface area contributed by atoms with E-state index in [2.05, 4.69) is 41.9 Å². The monoisotopic (exact) mass is 311 g/mol. The molecule has 3 heteroatoms. The van der Waals surface area contributed by atoms with E-state index in [1.807, 2.05) is 0 Å². The number of nitrogens with two attached hydrogens (primary N) is 1. The molecule has 1 aromatic carbocycles. The highest BCUT2D eigenvalue weighted by Gasteiger charge is 2.21. The molecule has 0 amide bonds. The summed E-state index contributed by atoms with van der Waals surface area (Å²) in [5.74, 6) is 1.68. The largest absolute Gasteiger partial charge is 0.493 e. The van der Waals surface area contributed by atoms with Crippen molar-refractivity contribution in [1.29, 1.82) is 0 Å².